The van der Waals surface area contributed by atoms with Gasteiger partial charge in [-0.15, -0.1) is 0 Å². The monoisotopic (exact) mass is 562 g/mol. The number of pyridine rings is 2. The van der Waals surface area contributed by atoms with E-state index in [1.807, 2.05) is 0 Å². The number of halogens is 2. The molecular weight excluding hydrogens is 539 g/mol. The molecule has 1 saturated carbocycles. The van der Waals surface area contributed by atoms with Gasteiger partial charge in [0.1, 0.15) is 27.9 Å². The number of benzene rings is 2. The lowest BCUT2D eigenvalue weighted by Crippen LogP contribution is -2.29. The largest absolute Gasteiger partial charge is 0.496 e. The second kappa shape index (κ2) is 11.0. The SMILES string of the molecule is COC(=O)c1cc2c(Oc3ncc(CC(=O)C4(C(=O)Cc5ccc(F)cc5)CC4)cc3Cl)ccnc2cc1OC. The van der Waals surface area contributed by atoms with Crippen LogP contribution in [0.1, 0.15) is 34.3 Å². The lowest BCUT2D eigenvalue weighted by molar-refractivity contribution is -0.133. The number of hydrogen-bond donors (Lipinski definition) is 0. The summed E-state index contributed by atoms with van der Waals surface area (Å²) >= 11 is 6.47. The molecule has 0 saturated heterocycles. The molecule has 5 rings (SSSR count). The van der Waals surface area contributed by atoms with Gasteiger partial charge in [-0.3, -0.25) is 14.6 Å². The van der Waals surface area contributed by atoms with Gasteiger partial charge in [0.15, 0.2) is 11.6 Å². The van der Waals surface area contributed by atoms with Gasteiger partial charge in [0.2, 0.25) is 5.88 Å². The molecule has 0 radical (unpaired) electrons. The molecule has 2 aromatic carbocycles. The van der Waals surface area contributed by atoms with E-state index in [0.29, 0.717) is 46.4 Å². The Balaban J connectivity index is 1.33. The second-order valence-electron chi connectivity index (χ2n) is 9.51. The number of carbonyl (C=O) groups excluding carboxylic acids is 3. The zero-order valence-corrected chi connectivity index (χ0v) is 22.5. The molecule has 40 heavy (non-hydrogen) atoms. The van der Waals surface area contributed by atoms with Crippen LogP contribution in [0.5, 0.6) is 17.4 Å². The van der Waals surface area contributed by atoms with E-state index in [1.165, 1.54) is 38.7 Å². The van der Waals surface area contributed by atoms with Gasteiger partial charge >= 0.3 is 5.97 Å². The third-order valence-electron chi connectivity index (χ3n) is 6.96. The van der Waals surface area contributed by atoms with Crippen LogP contribution in [0.25, 0.3) is 10.9 Å². The van der Waals surface area contributed by atoms with Crippen LogP contribution in [0.15, 0.2) is 60.9 Å². The maximum atomic E-state index is 13.2. The molecule has 0 aliphatic heterocycles. The standard InChI is InChI=1S/C30H24ClFN2O6/c1-38-25-15-23-20(14-21(25)29(37)39-2)24(7-10-33-23)40-28-22(31)11-18(16-34-28)13-27(36)30(8-9-30)26(35)12-17-3-5-19(32)6-4-17/h3-7,10-11,14-16H,8-9,12-13H2,1-2H3. The summed E-state index contributed by atoms with van der Waals surface area (Å²) in [7, 11) is 2.71. The number of hydrogen-bond acceptors (Lipinski definition) is 8. The molecule has 2 aromatic heterocycles. The highest BCUT2D eigenvalue weighted by Crippen LogP contribution is 2.49. The zero-order chi connectivity index (χ0) is 28.4. The molecule has 10 heteroatoms. The van der Waals surface area contributed by atoms with Crippen LogP contribution in [0.4, 0.5) is 4.39 Å². The summed E-state index contributed by atoms with van der Waals surface area (Å²) in [5, 5.41) is 0.676. The van der Waals surface area contributed by atoms with E-state index < -0.39 is 11.4 Å². The predicted octanol–water partition coefficient (Wildman–Crippen LogP) is 5.71. The molecule has 2 heterocycles. The van der Waals surface area contributed by atoms with Gasteiger partial charge < -0.3 is 14.2 Å². The Labute approximate surface area is 234 Å². The minimum Gasteiger partial charge on any atom is -0.496 e. The third-order valence-corrected chi connectivity index (χ3v) is 7.23. The lowest BCUT2D eigenvalue weighted by Gasteiger charge is -2.14. The Hall–Kier alpha value is -4.37. The highest BCUT2D eigenvalue weighted by atomic mass is 35.5. The highest BCUT2D eigenvalue weighted by molar-refractivity contribution is 6.32. The molecule has 1 fully saturated rings. The molecule has 1 aliphatic rings. The Morgan fingerprint density at radius 2 is 1.62 bits per heavy atom. The van der Waals surface area contributed by atoms with Crippen molar-refractivity contribution in [1.29, 1.82) is 0 Å². The van der Waals surface area contributed by atoms with Gasteiger partial charge in [0.05, 0.1) is 25.2 Å². The summed E-state index contributed by atoms with van der Waals surface area (Å²) in [6.07, 6.45) is 4.05. The first kappa shape index (κ1) is 27.2. The summed E-state index contributed by atoms with van der Waals surface area (Å²) < 4.78 is 29.3. The Bertz CT molecular complexity index is 1640. The topological polar surface area (TPSA) is 105 Å². The van der Waals surface area contributed by atoms with E-state index in [1.54, 1.807) is 36.4 Å². The van der Waals surface area contributed by atoms with Gasteiger partial charge in [-0.2, -0.15) is 0 Å². The van der Waals surface area contributed by atoms with Crippen molar-refractivity contribution in [2.75, 3.05) is 14.2 Å². The fourth-order valence-corrected chi connectivity index (χ4v) is 4.79. The second-order valence-corrected chi connectivity index (χ2v) is 9.92. The molecule has 0 atom stereocenters. The summed E-state index contributed by atoms with van der Waals surface area (Å²) in [5.74, 6) is -0.588. The van der Waals surface area contributed by atoms with E-state index in [4.69, 9.17) is 25.8 Å². The van der Waals surface area contributed by atoms with Crippen LogP contribution < -0.4 is 9.47 Å². The molecular formula is C30H24ClFN2O6. The average Bonchev–Trinajstić information content (AvgIpc) is 3.77. The molecule has 0 unspecified atom stereocenters. The Kier molecular flexibility index (Phi) is 7.49. The maximum absolute atomic E-state index is 13.2. The fourth-order valence-electron chi connectivity index (χ4n) is 4.57. The molecule has 0 amide bonds. The molecule has 0 N–H and O–H groups in total. The number of rotatable bonds is 10. The van der Waals surface area contributed by atoms with Gasteiger partial charge in [-0.05, 0) is 54.3 Å². The average molecular weight is 563 g/mol. The molecule has 0 spiro atoms. The number of aromatic nitrogens is 2. The molecule has 8 nitrogen and oxygen atoms in total. The minimum atomic E-state index is -1.02. The van der Waals surface area contributed by atoms with Gasteiger partial charge in [-0.25, -0.2) is 14.2 Å². The summed E-state index contributed by atoms with van der Waals surface area (Å²) in [6.45, 7) is 0. The van der Waals surface area contributed by atoms with Crippen molar-refractivity contribution < 1.29 is 33.0 Å². The van der Waals surface area contributed by atoms with E-state index in [9.17, 15) is 18.8 Å². The van der Waals surface area contributed by atoms with Crippen molar-refractivity contribution in [3.05, 3.63) is 88.5 Å². The third kappa shape index (κ3) is 5.37. The van der Waals surface area contributed by atoms with Crippen LogP contribution in [0.3, 0.4) is 0 Å². The van der Waals surface area contributed by atoms with Crippen molar-refractivity contribution in [1.82, 2.24) is 9.97 Å². The molecule has 0 bridgehead atoms. The number of nitrogens with zero attached hydrogens (tertiary/aromatic N) is 2. The van der Waals surface area contributed by atoms with Crippen molar-refractivity contribution in [2.45, 2.75) is 25.7 Å². The number of ketones is 2. The predicted molar refractivity (Wildman–Crippen MR) is 144 cm³/mol. The maximum Gasteiger partial charge on any atom is 0.341 e. The summed E-state index contributed by atoms with van der Waals surface area (Å²) in [6, 6.07) is 12.0. The summed E-state index contributed by atoms with van der Waals surface area (Å²) in [5.41, 5.74) is 0.898. The van der Waals surface area contributed by atoms with E-state index >= 15 is 0 Å². The minimum absolute atomic E-state index is 0.0113. The number of fused-ring (bicyclic) bond motifs is 1. The van der Waals surface area contributed by atoms with Crippen molar-refractivity contribution in [2.24, 2.45) is 5.41 Å². The first-order valence-electron chi connectivity index (χ1n) is 12.4. The van der Waals surface area contributed by atoms with Crippen LogP contribution >= 0.6 is 11.6 Å². The van der Waals surface area contributed by atoms with Crippen LogP contribution in [0.2, 0.25) is 5.02 Å². The van der Waals surface area contributed by atoms with Crippen LogP contribution in [-0.4, -0.2) is 41.7 Å². The fraction of sp³-hybridized carbons (Fsp3) is 0.233. The molecule has 1 aliphatic carbocycles. The van der Waals surface area contributed by atoms with Crippen LogP contribution in [-0.2, 0) is 27.2 Å². The lowest BCUT2D eigenvalue weighted by atomic mass is 9.88. The first-order chi connectivity index (χ1) is 19.2. The number of methoxy groups -OCH3 is 2. The van der Waals surface area contributed by atoms with E-state index in [2.05, 4.69) is 9.97 Å². The zero-order valence-electron chi connectivity index (χ0n) is 21.7. The van der Waals surface area contributed by atoms with Crippen LogP contribution in [0, 0.1) is 11.2 Å². The van der Waals surface area contributed by atoms with Gasteiger partial charge in [0.25, 0.3) is 0 Å². The number of esters is 1. The normalized spacial score (nSPS) is 13.5. The summed E-state index contributed by atoms with van der Waals surface area (Å²) in [4.78, 5) is 47.0. The Morgan fingerprint density at radius 1 is 0.925 bits per heavy atom. The Morgan fingerprint density at radius 3 is 2.25 bits per heavy atom. The number of carbonyl (C=O) groups is 3. The first-order valence-corrected chi connectivity index (χ1v) is 12.8. The number of Topliss-reactive ketones (excluding diaryl/α,β-unsaturated/α-hetero) is 2. The van der Waals surface area contributed by atoms with Crippen molar-refractivity contribution in [3.63, 3.8) is 0 Å². The molecule has 4 aromatic rings. The molecule has 204 valence electrons. The van der Waals surface area contributed by atoms with Crippen molar-refractivity contribution >= 4 is 40.0 Å². The van der Waals surface area contributed by atoms with E-state index in [-0.39, 0.29) is 46.7 Å². The number of ether oxygens (including phenoxy) is 3. The van der Waals surface area contributed by atoms with E-state index in [0.717, 1.165) is 0 Å². The quantitative estimate of drug-likeness (QED) is 0.179. The highest BCUT2D eigenvalue weighted by Gasteiger charge is 2.54. The smallest absolute Gasteiger partial charge is 0.341 e. The van der Waals surface area contributed by atoms with Gasteiger partial charge in [0, 0.05) is 36.7 Å². The van der Waals surface area contributed by atoms with Crippen molar-refractivity contribution in [3.8, 4) is 17.4 Å². The van der Waals surface area contributed by atoms with Gasteiger partial charge in [-0.1, -0.05) is 23.7 Å².